The smallest absolute Gasteiger partial charge is 0.335 e. The van der Waals surface area contributed by atoms with Gasteiger partial charge >= 0.3 is 5.97 Å². The van der Waals surface area contributed by atoms with Crippen molar-refractivity contribution >= 4 is 27.8 Å². The molecule has 4 rings (SSSR count). The zero-order valence-electron chi connectivity index (χ0n) is 11.5. The Morgan fingerprint density at radius 1 is 1.14 bits per heavy atom. The number of nitrogens with one attached hydrogen (secondary N) is 1. The van der Waals surface area contributed by atoms with E-state index in [0.29, 0.717) is 11.6 Å². The number of para-hydroxylation sites is 1. The summed E-state index contributed by atoms with van der Waals surface area (Å²) in [6, 6.07) is 14.1. The maximum absolute atomic E-state index is 11.3. The summed E-state index contributed by atoms with van der Waals surface area (Å²) >= 11 is 0. The molecular formula is C17H16N2O2. The van der Waals surface area contributed by atoms with E-state index in [9.17, 15) is 9.90 Å². The summed E-state index contributed by atoms with van der Waals surface area (Å²) in [4.78, 5) is 11.3. The van der Waals surface area contributed by atoms with Gasteiger partial charge in [0.1, 0.15) is 0 Å². The van der Waals surface area contributed by atoms with E-state index in [0.717, 1.165) is 30.4 Å². The van der Waals surface area contributed by atoms with Gasteiger partial charge in [0.05, 0.1) is 11.1 Å². The molecule has 4 heteroatoms. The molecule has 0 unspecified atom stereocenters. The predicted octanol–water partition coefficient (Wildman–Crippen LogP) is 3.03. The fourth-order valence-corrected chi connectivity index (χ4v) is 3.39. The van der Waals surface area contributed by atoms with Gasteiger partial charge in [-0.25, -0.2) is 4.79 Å². The molecule has 1 saturated heterocycles. The Labute approximate surface area is 122 Å². The molecule has 0 spiro atoms. The molecule has 0 bridgehead atoms. The molecule has 2 heterocycles. The summed E-state index contributed by atoms with van der Waals surface area (Å²) in [6.07, 6.45) is 1.07. The Morgan fingerprint density at radius 3 is 2.71 bits per heavy atom. The predicted molar refractivity (Wildman–Crippen MR) is 82.9 cm³/mol. The lowest BCUT2D eigenvalue weighted by atomic mass is 10.1. The van der Waals surface area contributed by atoms with Gasteiger partial charge in [0.25, 0.3) is 0 Å². The molecule has 2 aromatic carbocycles. The zero-order chi connectivity index (χ0) is 14.4. The number of nitrogens with zero attached hydrogens (tertiary/aromatic N) is 1. The van der Waals surface area contributed by atoms with Crippen LogP contribution in [0.1, 0.15) is 22.8 Å². The van der Waals surface area contributed by atoms with Crippen molar-refractivity contribution < 1.29 is 9.90 Å². The number of rotatable bonds is 2. The molecule has 0 saturated carbocycles. The van der Waals surface area contributed by atoms with Gasteiger partial charge in [-0.15, -0.1) is 0 Å². The van der Waals surface area contributed by atoms with E-state index in [4.69, 9.17) is 0 Å². The molecule has 4 nitrogen and oxygen atoms in total. The van der Waals surface area contributed by atoms with Crippen molar-refractivity contribution in [2.24, 2.45) is 0 Å². The van der Waals surface area contributed by atoms with Crippen LogP contribution in [-0.2, 0) is 0 Å². The van der Waals surface area contributed by atoms with Gasteiger partial charge in [-0.2, -0.15) is 0 Å². The second kappa shape index (κ2) is 4.60. The number of hydrogen-bond donors (Lipinski definition) is 2. The molecule has 0 amide bonds. The molecule has 1 aliphatic rings. The first-order valence-electron chi connectivity index (χ1n) is 7.22. The number of hydrogen-bond acceptors (Lipinski definition) is 2. The fraction of sp³-hybridized carbons (Fsp3) is 0.235. The quantitative estimate of drug-likeness (QED) is 0.758. The normalized spacial score (nSPS) is 18.6. The SMILES string of the molecule is O=C(O)c1ccc2c3ccccc3n([C@H]3CCNC3)c2c1. The third-order valence-electron chi connectivity index (χ3n) is 4.36. The number of carbonyl (C=O) groups is 1. The van der Waals surface area contributed by atoms with Crippen molar-refractivity contribution in [3.05, 3.63) is 48.0 Å². The van der Waals surface area contributed by atoms with Crippen LogP contribution in [0.15, 0.2) is 42.5 Å². The van der Waals surface area contributed by atoms with Crippen molar-refractivity contribution in [2.45, 2.75) is 12.5 Å². The van der Waals surface area contributed by atoms with Crippen molar-refractivity contribution in [2.75, 3.05) is 13.1 Å². The van der Waals surface area contributed by atoms with Gasteiger partial charge in [0.15, 0.2) is 0 Å². The van der Waals surface area contributed by atoms with Crippen LogP contribution in [0.2, 0.25) is 0 Å². The summed E-state index contributed by atoms with van der Waals surface area (Å²) in [5.74, 6) is -0.877. The lowest BCUT2D eigenvalue weighted by Crippen LogP contribution is -2.13. The Balaban J connectivity index is 2.09. The molecule has 1 aliphatic heterocycles. The fourth-order valence-electron chi connectivity index (χ4n) is 3.39. The van der Waals surface area contributed by atoms with E-state index in [1.54, 1.807) is 12.1 Å². The van der Waals surface area contributed by atoms with E-state index in [-0.39, 0.29) is 0 Å². The van der Waals surface area contributed by atoms with Gasteiger partial charge in [-0.05, 0) is 31.2 Å². The highest BCUT2D eigenvalue weighted by molar-refractivity contribution is 6.09. The Bertz CT molecular complexity index is 844. The van der Waals surface area contributed by atoms with Gasteiger partial charge < -0.3 is 15.0 Å². The van der Waals surface area contributed by atoms with E-state index in [2.05, 4.69) is 22.0 Å². The van der Waals surface area contributed by atoms with Crippen LogP contribution in [0.3, 0.4) is 0 Å². The summed E-state index contributed by atoms with van der Waals surface area (Å²) < 4.78 is 2.30. The lowest BCUT2D eigenvalue weighted by Gasteiger charge is -2.14. The number of carboxylic acid groups (broad SMARTS) is 1. The summed E-state index contributed by atoms with van der Waals surface area (Å²) in [7, 11) is 0. The first kappa shape index (κ1) is 12.4. The standard InChI is InChI=1S/C17H16N2O2/c20-17(21)11-5-6-14-13-3-1-2-4-15(13)19(16(14)9-11)12-7-8-18-10-12/h1-6,9,12,18H,7-8,10H2,(H,20,21)/t12-/m0/s1. The van der Waals surface area contributed by atoms with Gasteiger partial charge in [-0.1, -0.05) is 24.3 Å². The molecule has 1 fully saturated rings. The minimum Gasteiger partial charge on any atom is -0.478 e. The topological polar surface area (TPSA) is 54.3 Å². The van der Waals surface area contributed by atoms with E-state index in [1.807, 2.05) is 18.2 Å². The summed E-state index contributed by atoms with van der Waals surface area (Å²) in [6.45, 7) is 1.95. The second-order valence-electron chi connectivity index (χ2n) is 5.57. The van der Waals surface area contributed by atoms with Crippen LogP contribution in [0, 0.1) is 0 Å². The molecule has 0 aliphatic carbocycles. The zero-order valence-corrected chi connectivity index (χ0v) is 11.5. The van der Waals surface area contributed by atoms with Gasteiger partial charge in [0.2, 0.25) is 0 Å². The first-order valence-corrected chi connectivity index (χ1v) is 7.22. The Hall–Kier alpha value is -2.33. The van der Waals surface area contributed by atoms with E-state index < -0.39 is 5.97 Å². The van der Waals surface area contributed by atoms with Crippen LogP contribution in [0.25, 0.3) is 21.8 Å². The average molecular weight is 280 g/mol. The summed E-state index contributed by atoms with van der Waals surface area (Å²) in [5, 5.41) is 15.0. The lowest BCUT2D eigenvalue weighted by molar-refractivity contribution is 0.0697. The largest absolute Gasteiger partial charge is 0.478 e. The number of carboxylic acids is 1. The molecule has 106 valence electrons. The monoisotopic (exact) mass is 280 g/mol. The highest BCUT2D eigenvalue weighted by atomic mass is 16.4. The molecule has 21 heavy (non-hydrogen) atoms. The Kier molecular flexibility index (Phi) is 2.72. The van der Waals surface area contributed by atoms with Gasteiger partial charge in [-0.3, -0.25) is 0 Å². The molecule has 3 aromatic rings. The molecule has 1 atom stereocenters. The van der Waals surface area contributed by atoms with Crippen molar-refractivity contribution in [3.8, 4) is 0 Å². The Morgan fingerprint density at radius 2 is 1.95 bits per heavy atom. The maximum Gasteiger partial charge on any atom is 0.335 e. The molecule has 1 aromatic heterocycles. The number of aromatic nitrogens is 1. The number of aromatic carboxylic acids is 1. The molecule has 0 radical (unpaired) electrons. The van der Waals surface area contributed by atoms with Crippen LogP contribution in [0.4, 0.5) is 0 Å². The van der Waals surface area contributed by atoms with Crippen LogP contribution in [-0.4, -0.2) is 28.7 Å². The highest BCUT2D eigenvalue weighted by Gasteiger charge is 2.21. The van der Waals surface area contributed by atoms with Gasteiger partial charge in [0, 0.05) is 28.9 Å². The molecular weight excluding hydrogens is 264 g/mol. The third-order valence-corrected chi connectivity index (χ3v) is 4.36. The van der Waals surface area contributed by atoms with Crippen LogP contribution < -0.4 is 5.32 Å². The van der Waals surface area contributed by atoms with Crippen molar-refractivity contribution in [1.29, 1.82) is 0 Å². The number of fused-ring (bicyclic) bond motifs is 3. The first-order chi connectivity index (χ1) is 10.3. The highest BCUT2D eigenvalue weighted by Crippen LogP contribution is 2.34. The van der Waals surface area contributed by atoms with E-state index in [1.165, 1.54) is 10.9 Å². The third kappa shape index (κ3) is 1.83. The van der Waals surface area contributed by atoms with E-state index >= 15 is 0 Å². The van der Waals surface area contributed by atoms with Crippen LogP contribution in [0.5, 0.6) is 0 Å². The van der Waals surface area contributed by atoms with Crippen molar-refractivity contribution in [1.82, 2.24) is 9.88 Å². The second-order valence-corrected chi connectivity index (χ2v) is 5.57. The molecule has 2 N–H and O–H groups in total. The minimum absolute atomic E-state index is 0.345. The summed E-state index contributed by atoms with van der Waals surface area (Å²) in [5.41, 5.74) is 2.55. The van der Waals surface area contributed by atoms with Crippen molar-refractivity contribution in [3.63, 3.8) is 0 Å². The van der Waals surface area contributed by atoms with Crippen LogP contribution >= 0.6 is 0 Å². The average Bonchev–Trinajstić information content (AvgIpc) is 3.11. The number of benzene rings is 2. The minimum atomic E-state index is -0.877. The maximum atomic E-state index is 11.3.